The summed E-state index contributed by atoms with van der Waals surface area (Å²) in [5.74, 6) is 1.76. The Morgan fingerprint density at radius 2 is 1.77 bits per heavy atom. The molecular formula is C25H28N4O2. The highest BCUT2D eigenvalue weighted by atomic mass is 16.5. The molecule has 2 N–H and O–H groups in total. The molecule has 0 aliphatic carbocycles. The van der Waals surface area contributed by atoms with Crippen LogP contribution < -0.4 is 9.64 Å². The molecule has 0 spiro atoms. The van der Waals surface area contributed by atoms with Crippen LogP contribution in [0.25, 0.3) is 21.8 Å². The summed E-state index contributed by atoms with van der Waals surface area (Å²) >= 11 is 0. The fourth-order valence-corrected chi connectivity index (χ4v) is 4.31. The van der Waals surface area contributed by atoms with Crippen LogP contribution in [-0.4, -0.2) is 65.4 Å². The second-order valence-electron chi connectivity index (χ2n) is 8.16. The SMILES string of the molecule is OC(COc1cccc2ccccc12)CN1CCCN(c2nc3ccccc3[nH]2)CC1. The van der Waals surface area contributed by atoms with Crippen LogP contribution >= 0.6 is 0 Å². The zero-order chi connectivity index (χ0) is 21.0. The summed E-state index contributed by atoms with van der Waals surface area (Å²) in [4.78, 5) is 12.8. The molecule has 4 aromatic rings. The van der Waals surface area contributed by atoms with Crippen LogP contribution in [0.2, 0.25) is 0 Å². The van der Waals surface area contributed by atoms with E-state index in [1.54, 1.807) is 0 Å². The second kappa shape index (κ2) is 8.96. The van der Waals surface area contributed by atoms with Gasteiger partial charge in [0.25, 0.3) is 0 Å². The van der Waals surface area contributed by atoms with E-state index in [-0.39, 0.29) is 6.61 Å². The topological polar surface area (TPSA) is 64.6 Å². The maximum atomic E-state index is 10.6. The summed E-state index contributed by atoms with van der Waals surface area (Å²) in [6.07, 6.45) is 0.505. The van der Waals surface area contributed by atoms with E-state index in [2.05, 4.69) is 39.0 Å². The fraction of sp³-hybridized carbons (Fsp3) is 0.320. The van der Waals surface area contributed by atoms with Crippen molar-refractivity contribution in [1.82, 2.24) is 14.9 Å². The first-order chi connectivity index (χ1) is 15.3. The molecule has 1 aliphatic rings. The molecule has 0 bridgehead atoms. The lowest BCUT2D eigenvalue weighted by atomic mass is 10.1. The third-order valence-electron chi connectivity index (χ3n) is 5.91. The maximum Gasteiger partial charge on any atom is 0.203 e. The van der Waals surface area contributed by atoms with Gasteiger partial charge < -0.3 is 19.7 Å². The lowest BCUT2D eigenvalue weighted by molar-refractivity contribution is 0.0710. The van der Waals surface area contributed by atoms with Gasteiger partial charge in [0, 0.05) is 31.6 Å². The Balaban J connectivity index is 1.16. The molecule has 2 heterocycles. The number of rotatable bonds is 6. The van der Waals surface area contributed by atoms with E-state index in [9.17, 15) is 5.11 Å². The van der Waals surface area contributed by atoms with Crippen molar-refractivity contribution in [1.29, 1.82) is 0 Å². The monoisotopic (exact) mass is 416 g/mol. The highest BCUT2D eigenvalue weighted by molar-refractivity contribution is 5.88. The number of aromatic nitrogens is 2. The Kier molecular flexibility index (Phi) is 5.74. The van der Waals surface area contributed by atoms with Crippen LogP contribution in [0.5, 0.6) is 5.75 Å². The molecule has 1 aromatic heterocycles. The van der Waals surface area contributed by atoms with Gasteiger partial charge in [0.15, 0.2) is 0 Å². The fourth-order valence-electron chi connectivity index (χ4n) is 4.31. The van der Waals surface area contributed by atoms with Crippen LogP contribution in [0.3, 0.4) is 0 Å². The Hall–Kier alpha value is -3.09. The van der Waals surface area contributed by atoms with Crippen LogP contribution in [0, 0.1) is 0 Å². The van der Waals surface area contributed by atoms with Crippen molar-refractivity contribution in [3.63, 3.8) is 0 Å². The molecule has 31 heavy (non-hydrogen) atoms. The van der Waals surface area contributed by atoms with Crippen molar-refractivity contribution >= 4 is 27.8 Å². The van der Waals surface area contributed by atoms with Gasteiger partial charge >= 0.3 is 0 Å². The first-order valence-corrected chi connectivity index (χ1v) is 11.0. The van der Waals surface area contributed by atoms with Gasteiger partial charge in [0.1, 0.15) is 18.5 Å². The number of imidazole rings is 1. The highest BCUT2D eigenvalue weighted by Gasteiger charge is 2.20. The number of para-hydroxylation sites is 2. The molecule has 5 rings (SSSR count). The Morgan fingerprint density at radius 1 is 0.935 bits per heavy atom. The molecular weight excluding hydrogens is 388 g/mol. The first kappa shape index (κ1) is 19.8. The number of aliphatic hydroxyl groups is 1. The van der Waals surface area contributed by atoms with Crippen molar-refractivity contribution in [2.75, 3.05) is 44.2 Å². The third-order valence-corrected chi connectivity index (χ3v) is 5.91. The summed E-state index contributed by atoms with van der Waals surface area (Å²) in [5, 5.41) is 12.8. The number of β-amino-alcohol motifs (C(OH)–C–C–N with tert-alkyl or cyclic N) is 1. The minimum atomic E-state index is -0.531. The van der Waals surface area contributed by atoms with Crippen molar-refractivity contribution in [2.45, 2.75) is 12.5 Å². The van der Waals surface area contributed by atoms with Gasteiger partial charge in [0.2, 0.25) is 5.95 Å². The maximum absolute atomic E-state index is 10.6. The minimum Gasteiger partial charge on any atom is -0.490 e. The molecule has 1 unspecified atom stereocenters. The van der Waals surface area contributed by atoms with Crippen LogP contribution in [0.1, 0.15) is 6.42 Å². The van der Waals surface area contributed by atoms with Crippen molar-refractivity contribution in [2.24, 2.45) is 0 Å². The number of nitrogens with zero attached hydrogens (tertiary/aromatic N) is 3. The third kappa shape index (κ3) is 4.50. The lowest BCUT2D eigenvalue weighted by Gasteiger charge is -2.24. The Bertz CT molecular complexity index is 1120. The Morgan fingerprint density at radius 3 is 2.71 bits per heavy atom. The summed E-state index contributed by atoms with van der Waals surface area (Å²) in [5.41, 5.74) is 2.07. The molecule has 0 amide bonds. The van der Waals surface area contributed by atoms with Gasteiger partial charge in [-0.25, -0.2) is 4.98 Å². The molecule has 6 heteroatoms. The number of fused-ring (bicyclic) bond motifs is 2. The second-order valence-corrected chi connectivity index (χ2v) is 8.16. The number of ether oxygens (including phenoxy) is 1. The number of nitrogens with one attached hydrogen (secondary N) is 1. The smallest absolute Gasteiger partial charge is 0.203 e. The molecule has 1 aliphatic heterocycles. The molecule has 6 nitrogen and oxygen atoms in total. The number of hydrogen-bond donors (Lipinski definition) is 2. The predicted molar refractivity (Wildman–Crippen MR) is 125 cm³/mol. The first-order valence-electron chi connectivity index (χ1n) is 11.0. The Labute approximate surface area is 182 Å². The number of anilines is 1. The van der Waals surface area contributed by atoms with Gasteiger partial charge in [-0.05, 0) is 36.6 Å². The van der Waals surface area contributed by atoms with Gasteiger partial charge in [-0.3, -0.25) is 4.90 Å². The molecule has 1 fully saturated rings. The van der Waals surface area contributed by atoms with Crippen molar-refractivity contribution in [3.8, 4) is 5.75 Å². The molecule has 160 valence electrons. The zero-order valence-electron chi connectivity index (χ0n) is 17.6. The molecule has 1 saturated heterocycles. The summed E-state index contributed by atoms with van der Waals surface area (Å²) in [6.45, 7) is 4.59. The van der Waals surface area contributed by atoms with Crippen LogP contribution in [0.15, 0.2) is 66.7 Å². The minimum absolute atomic E-state index is 0.289. The van der Waals surface area contributed by atoms with Crippen molar-refractivity contribution in [3.05, 3.63) is 66.7 Å². The van der Waals surface area contributed by atoms with Gasteiger partial charge in [-0.2, -0.15) is 0 Å². The molecule has 1 atom stereocenters. The van der Waals surface area contributed by atoms with E-state index < -0.39 is 6.10 Å². The standard InChI is InChI=1S/C25H28N4O2/c30-20(18-31-24-12-5-8-19-7-1-2-9-21(19)24)17-28-13-6-14-29(16-15-28)25-26-22-10-3-4-11-23(22)27-25/h1-5,7-12,20,30H,6,13-18H2,(H,26,27). The van der Waals surface area contributed by atoms with E-state index in [1.807, 2.05) is 42.5 Å². The number of aromatic amines is 1. The summed E-state index contributed by atoms with van der Waals surface area (Å²) < 4.78 is 5.98. The van der Waals surface area contributed by atoms with E-state index in [4.69, 9.17) is 9.72 Å². The van der Waals surface area contributed by atoms with Gasteiger partial charge in [0.05, 0.1) is 11.0 Å². The number of H-pyrrole nitrogens is 1. The zero-order valence-corrected chi connectivity index (χ0v) is 17.6. The number of benzene rings is 3. The molecule has 3 aromatic carbocycles. The van der Waals surface area contributed by atoms with Gasteiger partial charge in [-0.15, -0.1) is 0 Å². The van der Waals surface area contributed by atoms with E-state index in [0.29, 0.717) is 6.54 Å². The van der Waals surface area contributed by atoms with Crippen molar-refractivity contribution < 1.29 is 9.84 Å². The van der Waals surface area contributed by atoms with E-state index >= 15 is 0 Å². The summed E-state index contributed by atoms with van der Waals surface area (Å²) in [7, 11) is 0. The van der Waals surface area contributed by atoms with Gasteiger partial charge in [-0.1, -0.05) is 48.5 Å². The normalized spacial score (nSPS) is 16.5. The van der Waals surface area contributed by atoms with E-state index in [1.165, 1.54) is 0 Å². The van der Waals surface area contributed by atoms with Crippen LogP contribution in [0.4, 0.5) is 5.95 Å². The van der Waals surface area contributed by atoms with E-state index in [0.717, 1.165) is 66.1 Å². The number of hydrogen-bond acceptors (Lipinski definition) is 5. The molecule has 0 saturated carbocycles. The average molecular weight is 417 g/mol. The summed E-state index contributed by atoms with van der Waals surface area (Å²) in [6, 6.07) is 22.3. The lowest BCUT2D eigenvalue weighted by Crippen LogP contribution is -2.38. The predicted octanol–water partition coefficient (Wildman–Crippen LogP) is 3.67. The largest absolute Gasteiger partial charge is 0.490 e. The van der Waals surface area contributed by atoms with Crippen LogP contribution in [-0.2, 0) is 0 Å². The average Bonchev–Trinajstić information content (AvgIpc) is 3.10. The highest BCUT2D eigenvalue weighted by Crippen LogP contribution is 2.25. The quantitative estimate of drug-likeness (QED) is 0.502. The number of aliphatic hydroxyl groups excluding tert-OH is 1. The molecule has 0 radical (unpaired) electrons.